The molecule has 2 N–H and O–H groups in total. The number of alkyl halides is 1. The molecule has 2 aliphatic rings. The number of nitrogens with zero attached hydrogens (tertiary/aromatic N) is 5. The maximum absolute atomic E-state index is 15.0. The van der Waals surface area contributed by atoms with Gasteiger partial charge >= 0.3 is 0 Å². The van der Waals surface area contributed by atoms with Crippen LogP contribution in [0.5, 0.6) is 0 Å². The monoisotopic (exact) mass is 572 g/mol. The highest BCUT2D eigenvalue weighted by Crippen LogP contribution is 2.22. The molecule has 10 heteroatoms. The number of nitriles is 1. The molecule has 1 aromatic heterocycles. The first-order valence-electron chi connectivity index (χ1n) is 14.1. The van der Waals surface area contributed by atoms with Gasteiger partial charge in [0, 0.05) is 64.1 Å². The van der Waals surface area contributed by atoms with E-state index in [1.165, 1.54) is 12.1 Å². The third kappa shape index (κ3) is 7.29. The number of piperazine rings is 1. The van der Waals surface area contributed by atoms with Crippen LogP contribution in [0.1, 0.15) is 39.2 Å². The number of piperidine rings is 1. The standard InChI is InChI=1S/C32H34F2N6O2/c33-27-8-5-25(6-9-27)19-38-13-15-40(16-14-38)31(22-41)26-7-10-30(36-18-26)32(42)37-29-11-12-39(21-28(29)34)20-24-3-1-23(17-35)2-4-24/h1-10,18,22,28-29,41H,11-16,19-21H2,(H,37,42)/b31-22+/t28-,29+/m0/s1. The second-order valence-electron chi connectivity index (χ2n) is 10.8. The lowest BCUT2D eigenvalue weighted by Crippen LogP contribution is -2.52. The number of carbonyl (C=O) groups is 1. The van der Waals surface area contributed by atoms with E-state index in [1.54, 1.807) is 42.6 Å². The van der Waals surface area contributed by atoms with E-state index in [4.69, 9.17) is 5.26 Å². The molecule has 5 rings (SSSR count). The van der Waals surface area contributed by atoms with Crippen LogP contribution < -0.4 is 5.32 Å². The Morgan fingerprint density at radius 3 is 2.24 bits per heavy atom. The lowest BCUT2D eigenvalue weighted by molar-refractivity contribution is 0.0757. The molecule has 0 radical (unpaired) electrons. The minimum atomic E-state index is -1.22. The molecule has 2 aliphatic heterocycles. The molecule has 2 saturated heterocycles. The number of nitrogens with one attached hydrogen (secondary N) is 1. The van der Waals surface area contributed by atoms with Crippen molar-refractivity contribution in [2.75, 3.05) is 39.3 Å². The van der Waals surface area contributed by atoms with E-state index in [9.17, 15) is 14.3 Å². The highest BCUT2D eigenvalue weighted by atomic mass is 19.1. The molecular weight excluding hydrogens is 538 g/mol. The van der Waals surface area contributed by atoms with Gasteiger partial charge in [0.2, 0.25) is 0 Å². The number of pyridine rings is 1. The summed E-state index contributed by atoms with van der Waals surface area (Å²) in [5.41, 5.74) is 4.14. The van der Waals surface area contributed by atoms with E-state index >= 15 is 4.39 Å². The van der Waals surface area contributed by atoms with E-state index in [-0.39, 0.29) is 18.1 Å². The molecule has 3 aromatic rings. The predicted octanol–water partition coefficient (Wildman–Crippen LogP) is 4.11. The Morgan fingerprint density at radius 1 is 0.976 bits per heavy atom. The summed E-state index contributed by atoms with van der Waals surface area (Å²) in [6, 6.07) is 18.6. The van der Waals surface area contributed by atoms with Crippen LogP contribution in [-0.4, -0.2) is 82.2 Å². The van der Waals surface area contributed by atoms with Gasteiger partial charge in [-0.3, -0.25) is 19.6 Å². The Balaban J connectivity index is 1.10. The maximum Gasteiger partial charge on any atom is 0.270 e. The fraction of sp³-hybridized carbons (Fsp3) is 0.344. The summed E-state index contributed by atoms with van der Waals surface area (Å²) in [5, 5.41) is 21.8. The van der Waals surface area contributed by atoms with Crippen molar-refractivity contribution in [3.8, 4) is 6.07 Å². The Morgan fingerprint density at radius 2 is 1.64 bits per heavy atom. The number of benzene rings is 2. The lowest BCUT2D eigenvalue weighted by atomic mass is 10.0. The Kier molecular flexibility index (Phi) is 9.41. The van der Waals surface area contributed by atoms with Crippen molar-refractivity contribution in [1.82, 2.24) is 25.0 Å². The van der Waals surface area contributed by atoms with E-state index in [1.807, 2.05) is 17.0 Å². The molecule has 0 bridgehead atoms. The first-order chi connectivity index (χ1) is 20.4. The summed E-state index contributed by atoms with van der Waals surface area (Å²) in [7, 11) is 0. The van der Waals surface area contributed by atoms with Crippen molar-refractivity contribution < 1.29 is 18.7 Å². The first-order valence-corrected chi connectivity index (χ1v) is 14.1. The van der Waals surface area contributed by atoms with Crippen LogP contribution in [0.4, 0.5) is 8.78 Å². The quantitative estimate of drug-likeness (QED) is 0.393. The number of likely N-dealkylation sites (tertiary alicyclic amines) is 1. The van der Waals surface area contributed by atoms with E-state index in [2.05, 4.69) is 26.2 Å². The molecule has 42 heavy (non-hydrogen) atoms. The summed E-state index contributed by atoms with van der Waals surface area (Å²) in [4.78, 5) is 23.5. The Bertz CT molecular complexity index is 1420. The first kappa shape index (κ1) is 29.2. The average Bonchev–Trinajstić information content (AvgIpc) is 3.01. The van der Waals surface area contributed by atoms with E-state index in [0.717, 1.165) is 37.0 Å². The van der Waals surface area contributed by atoms with Crippen molar-refractivity contribution in [3.63, 3.8) is 0 Å². The largest absolute Gasteiger partial charge is 0.513 e. The number of aromatic nitrogens is 1. The van der Waals surface area contributed by atoms with Crippen LogP contribution >= 0.6 is 0 Å². The molecule has 0 saturated carbocycles. The van der Waals surface area contributed by atoms with Gasteiger partial charge in [0.05, 0.1) is 23.4 Å². The Labute approximate surface area is 244 Å². The molecule has 2 fully saturated rings. The molecule has 218 valence electrons. The maximum atomic E-state index is 15.0. The van der Waals surface area contributed by atoms with Crippen molar-refractivity contribution in [2.45, 2.75) is 31.7 Å². The topological polar surface area (TPSA) is 95.7 Å². The third-order valence-corrected chi connectivity index (χ3v) is 7.88. The number of carbonyl (C=O) groups excluding carboxylic acids is 1. The van der Waals surface area contributed by atoms with Crippen LogP contribution in [0.15, 0.2) is 73.1 Å². The highest BCUT2D eigenvalue weighted by Gasteiger charge is 2.31. The second-order valence-corrected chi connectivity index (χ2v) is 10.8. The summed E-state index contributed by atoms with van der Waals surface area (Å²) in [6.07, 6.45) is 1.87. The van der Waals surface area contributed by atoms with Gasteiger partial charge in [-0.2, -0.15) is 5.26 Å². The van der Waals surface area contributed by atoms with Crippen LogP contribution in [0.3, 0.4) is 0 Å². The molecule has 8 nitrogen and oxygen atoms in total. The SMILES string of the molecule is N#Cc1ccc(CN2CC[C@@H](NC(=O)c3ccc(/C(=C\O)N4CCN(Cc5ccc(F)cc5)CC4)cn3)[C@@H](F)C2)cc1. The number of hydrogen-bond acceptors (Lipinski definition) is 7. The summed E-state index contributed by atoms with van der Waals surface area (Å²) >= 11 is 0. The van der Waals surface area contributed by atoms with E-state index < -0.39 is 18.1 Å². The number of hydrogen-bond donors (Lipinski definition) is 2. The van der Waals surface area contributed by atoms with Gasteiger partial charge < -0.3 is 15.3 Å². The number of aliphatic hydroxyl groups is 1. The summed E-state index contributed by atoms with van der Waals surface area (Å²) < 4.78 is 28.2. The summed E-state index contributed by atoms with van der Waals surface area (Å²) in [5.74, 6) is -0.679. The van der Waals surface area contributed by atoms with Crippen molar-refractivity contribution in [2.24, 2.45) is 0 Å². The minimum Gasteiger partial charge on any atom is -0.513 e. The molecule has 3 heterocycles. The number of aliphatic hydroxyl groups excluding tert-OH is 1. The lowest BCUT2D eigenvalue weighted by Gasteiger charge is -2.37. The second kappa shape index (κ2) is 13.6. The van der Waals surface area contributed by atoms with Crippen molar-refractivity contribution in [3.05, 3.63) is 107 Å². The zero-order valence-corrected chi connectivity index (χ0v) is 23.3. The number of halogens is 2. The van der Waals surface area contributed by atoms with Gasteiger partial charge in [0.1, 0.15) is 23.9 Å². The number of amides is 1. The van der Waals surface area contributed by atoms with E-state index in [0.29, 0.717) is 49.4 Å². The Hall–Kier alpha value is -4.33. The highest BCUT2D eigenvalue weighted by molar-refractivity contribution is 5.92. The van der Waals surface area contributed by atoms with Gasteiger partial charge in [-0.25, -0.2) is 8.78 Å². The third-order valence-electron chi connectivity index (χ3n) is 7.88. The molecule has 0 spiro atoms. The van der Waals surface area contributed by atoms with Crippen LogP contribution in [0.25, 0.3) is 5.70 Å². The zero-order chi connectivity index (χ0) is 29.5. The molecule has 2 aromatic carbocycles. The molecule has 0 aliphatic carbocycles. The van der Waals surface area contributed by atoms with Gasteiger partial charge in [-0.1, -0.05) is 24.3 Å². The molecular formula is C32H34F2N6O2. The van der Waals surface area contributed by atoms with Gasteiger partial charge in [-0.05, 0) is 53.9 Å². The van der Waals surface area contributed by atoms with Crippen molar-refractivity contribution in [1.29, 1.82) is 5.26 Å². The molecule has 1 amide bonds. The molecule has 2 atom stereocenters. The van der Waals surface area contributed by atoms with Gasteiger partial charge in [0.25, 0.3) is 5.91 Å². The fourth-order valence-electron chi connectivity index (χ4n) is 5.47. The average molecular weight is 573 g/mol. The van der Waals surface area contributed by atoms with Crippen LogP contribution in [0, 0.1) is 17.1 Å². The fourth-order valence-corrected chi connectivity index (χ4v) is 5.47. The summed E-state index contributed by atoms with van der Waals surface area (Å²) in [6.45, 7) is 5.10. The number of rotatable bonds is 8. The van der Waals surface area contributed by atoms with Crippen LogP contribution in [-0.2, 0) is 13.1 Å². The zero-order valence-electron chi connectivity index (χ0n) is 23.3. The molecule has 0 unspecified atom stereocenters. The normalized spacial score (nSPS) is 20.2. The minimum absolute atomic E-state index is 0.187. The van der Waals surface area contributed by atoms with Gasteiger partial charge in [0.15, 0.2) is 0 Å². The van der Waals surface area contributed by atoms with Gasteiger partial charge in [-0.15, -0.1) is 0 Å². The smallest absolute Gasteiger partial charge is 0.270 e. The predicted molar refractivity (Wildman–Crippen MR) is 155 cm³/mol. The van der Waals surface area contributed by atoms with Crippen molar-refractivity contribution >= 4 is 11.6 Å². The van der Waals surface area contributed by atoms with Crippen LogP contribution in [0.2, 0.25) is 0 Å².